The molecule has 1 atom stereocenters. The Morgan fingerprint density at radius 3 is 2.45 bits per heavy atom. The molecule has 2 rings (SSSR count). The van der Waals surface area contributed by atoms with Crippen molar-refractivity contribution in [3.05, 3.63) is 32.1 Å². The van der Waals surface area contributed by atoms with Crippen LogP contribution in [0.5, 0.6) is 0 Å². The monoisotopic (exact) mass is 408 g/mol. The molecule has 0 aromatic carbocycles. The van der Waals surface area contributed by atoms with Crippen LogP contribution in [0.2, 0.25) is 0 Å². The van der Waals surface area contributed by atoms with E-state index in [4.69, 9.17) is 4.74 Å². The quantitative estimate of drug-likeness (QED) is 0.767. The highest BCUT2D eigenvalue weighted by molar-refractivity contribution is 5.77. The van der Waals surface area contributed by atoms with Crippen LogP contribution < -0.4 is 11.2 Å². The Morgan fingerprint density at radius 2 is 1.86 bits per heavy atom. The van der Waals surface area contributed by atoms with E-state index in [1.807, 2.05) is 27.7 Å². The van der Waals surface area contributed by atoms with Crippen molar-refractivity contribution >= 4 is 12.0 Å². The third kappa shape index (κ3) is 6.20. The Bertz CT molecular complexity index is 852. The maximum Gasteiger partial charge on any atom is 0.410 e. The summed E-state index contributed by atoms with van der Waals surface area (Å²) in [4.78, 5) is 56.8. The van der Waals surface area contributed by atoms with Crippen LogP contribution in [0.15, 0.2) is 9.59 Å². The first-order chi connectivity index (χ1) is 13.5. The minimum absolute atomic E-state index is 0.0581. The van der Waals surface area contributed by atoms with Crippen LogP contribution >= 0.6 is 0 Å². The van der Waals surface area contributed by atoms with E-state index in [9.17, 15) is 19.2 Å². The second-order valence-corrected chi connectivity index (χ2v) is 8.47. The van der Waals surface area contributed by atoms with Crippen LogP contribution in [0, 0.1) is 6.92 Å². The zero-order valence-corrected chi connectivity index (χ0v) is 18.0. The van der Waals surface area contributed by atoms with E-state index < -0.39 is 16.9 Å². The molecule has 2 heterocycles. The molecule has 0 saturated carbocycles. The fraction of sp³-hybridized carbons (Fsp3) is 0.700. The highest BCUT2D eigenvalue weighted by Crippen LogP contribution is 2.19. The van der Waals surface area contributed by atoms with Crippen molar-refractivity contribution in [3.63, 3.8) is 0 Å². The molecule has 1 saturated heterocycles. The molecule has 2 amide bonds. The molecule has 9 heteroatoms. The number of nitrogens with zero attached hydrogens (tertiary/aromatic N) is 2. The summed E-state index contributed by atoms with van der Waals surface area (Å²) in [7, 11) is 0. The van der Waals surface area contributed by atoms with Crippen molar-refractivity contribution in [3.8, 4) is 0 Å². The van der Waals surface area contributed by atoms with Gasteiger partial charge in [-0.05, 0) is 40.5 Å². The van der Waals surface area contributed by atoms with Gasteiger partial charge in [-0.2, -0.15) is 0 Å². The number of aromatic amines is 2. The van der Waals surface area contributed by atoms with E-state index in [1.54, 1.807) is 16.7 Å². The Balaban J connectivity index is 2.04. The molecule has 9 nitrogen and oxygen atoms in total. The maximum absolute atomic E-state index is 12.9. The number of aryl methyl sites for hydroxylation is 1. The van der Waals surface area contributed by atoms with Crippen LogP contribution in [-0.4, -0.2) is 63.0 Å². The molecule has 1 aliphatic heterocycles. The SMILES string of the molecule is CCC[C@@H]1CN(C(=O)OC(C)(C)C)CCN1C(=O)CCc1c(C)[nH]c(=O)[nH]c1=O. The number of carbonyl (C=O) groups excluding carboxylic acids is 2. The Morgan fingerprint density at radius 1 is 1.17 bits per heavy atom. The second-order valence-electron chi connectivity index (χ2n) is 8.47. The molecule has 2 N–H and O–H groups in total. The van der Waals surface area contributed by atoms with Gasteiger partial charge < -0.3 is 19.5 Å². The van der Waals surface area contributed by atoms with Crippen molar-refractivity contribution < 1.29 is 14.3 Å². The molecule has 1 aromatic rings. The molecule has 0 aliphatic carbocycles. The first kappa shape index (κ1) is 22.7. The fourth-order valence-electron chi connectivity index (χ4n) is 3.56. The third-order valence-electron chi connectivity index (χ3n) is 4.92. The second kappa shape index (κ2) is 9.28. The van der Waals surface area contributed by atoms with Crippen LogP contribution in [0.25, 0.3) is 0 Å². The number of piperazine rings is 1. The number of hydrogen-bond acceptors (Lipinski definition) is 5. The van der Waals surface area contributed by atoms with Gasteiger partial charge in [0.1, 0.15) is 5.60 Å². The molecule has 0 bridgehead atoms. The van der Waals surface area contributed by atoms with E-state index >= 15 is 0 Å². The lowest BCUT2D eigenvalue weighted by molar-refractivity contribution is -0.136. The average Bonchev–Trinajstić information content (AvgIpc) is 2.59. The fourth-order valence-corrected chi connectivity index (χ4v) is 3.56. The molecule has 29 heavy (non-hydrogen) atoms. The summed E-state index contributed by atoms with van der Waals surface area (Å²) in [6, 6.07) is -0.0799. The molecule has 1 aromatic heterocycles. The summed E-state index contributed by atoms with van der Waals surface area (Å²) < 4.78 is 5.46. The first-order valence-electron chi connectivity index (χ1n) is 10.1. The number of ether oxygens (including phenoxy) is 1. The normalized spacial score (nSPS) is 17.3. The van der Waals surface area contributed by atoms with E-state index in [2.05, 4.69) is 9.97 Å². The minimum atomic E-state index is -0.564. The summed E-state index contributed by atoms with van der Waals surface area (Å²) in [6.45, 7) is 10.5. The number of H-pyrrole nitrogens is 2. The summed E-state index contributed by atoms with van der Waals surface area (Å²) in [5.41, 5.74) is -0.683. The van der Waals surface area contributed by atoms with Crippen molar-refractivity contribution in [1.82, 2.24) is 19.8 Å². The molecular formula is C20H32N4O5. The van der Waals surface area contributed by atoms with E-state index in [-0.39, 0.29) is 30.9 Å². The van der Waals surface area contributed by atoms with E-state index in [1.165, 1.54) is 0 Å². The lowest BCUT2D eigenvalue weighted by Crippen LogP contribution is -2.57. The molecule has 0 unspecified atom stereocenters. The molecule has 0 radical (unpaired) electrons. The zero-order chi connectivity index (χ0) is 21.8. The van der Waals surface area contributed by atoms with Gasteiger partial charge in [0.15, 0.2) is 0 Å². The Labute approximate surface area is 170 Å². The van der Waals surface area contributed by atoms with Gasteiger partial charge >= 0.3 is 11.8 Å². The van der Waals surface area contributed by atoms with Crippen molar-refractivity contribution in [2.24, 2.45) is 0 Å². The standard InChI is InChI=1S/C20H32N4O5/c1-6-7-14-12-23(19(28)29-20(3,4)5)10-11-24(14)16(25)9-8-15-13(2)21-18(27)22-17(15)26/h14H,6-12H2,1-5H3,(H2,21,22,26,27)/t14-/m1/s1. The number of nitrogens with one attached hydrogen (secondary N) is 2. The van der Waals surface area contributed by atoms with Crippen molar-refractivity contribution in [1.29, 1.82) is 0 Å². The van der Waals surface area contributed by atoms with Gasteiger partial charge in [-0.25, -0.2) is 9.59 Å². The highest BCUT2D eigenvalue weighted by Gasteiger charge is 2.33. The maximum atomic E-state index is 12.9. The summed E-state index contributed by atoms with van der Waals surface area (Å²) in [6.07, 6.45) is 1.73. The summed E-state index contributed by atoms with van der Waals surface area (Å²) in [5.74, 6) is -0.0581. The van der Waals surface area contributed by atoms with Gasteiger partial charge in [-0.3, -0.25) is 14.6 Å². The molecule has 1 fully saturated rings. The predicted octanol–water partition coefficient (Wildman–Crippen LogP) is 1.55. The zero-order valence-electron chi connectivity index (χ0n) is 18.0. The number of hydrogen-bond donors (Lipinski definition) is 2. The van der Waals surface area contributed by atoms with Gasteiger partial charge in [-0.1, -0.05) is 13.3 Å². The molecule has 1 aliphatic rings. The summed E-state index contributed by atoms with van der Waals surface area (Å²) in [5, 5.41) is 0. The van der Waals surface area contributed by atoms with Crippen molar-refractivity contribution in [2.75, 3.05) is 19.6 Å². The number of amides is 2. The Hall–Kier alpha value is -2.58. The molecule has 162 valence electrons. The van der Waals surface area contributed by atoms with E-state index in [0.29, 0.717) is 30.9 Å². The van der Waals surface area contributed by atoms with Crippen molar-refractivity contribution in [2.45, 2.75) is 71.9 Å². The lowest BCUT2D eigenvalue weighted by Gasteiger charge is -2.41. The first-order valence-corrected chi connectivity index (χ1v) is 10.1. The van der Waals surface area contributed by atoms with Gasteiger partial charge in [-0.15, -0.1) is 0 Å². The van der Waals surface area contributed by atoms with Gasteiger partial charge in [0, 0.05) is 43.4 Å². The number of rotatable bonds is 5. The average molecular weight is 408 g/mol. The predicted molar refractivity (Wildman–Crippen MR) is 109 cm³/mol. The largest absolute Gasteiger partial charge is 0.444 e. The van der Waals surface area contributed by atoms with E-state index in [0.717, 1.165) is 12.8 Å². The van der Waals surface area contributed by atoms with Crippen LogP contribution in [-0.2, 0) is 16.0 Å². The smallest absolute Gasteiger partial charge is 0.410 e. The van der Waals surface area contributed by atoms with Gasteiger partial charge in [0.2, 0.25) is 5.91 Å². The minimum Gasteiger partial charge on any atom is -0.444 e. The topological polar surface area (TPSA) is 116 Å². The van der Waals surface area contributed by atoms with Crippen LogP contribution in [0.3, 0.4) is 0 Å². The summed E-state index contributed by atoms with van der Waals surface area (Å²) >= 11 is 0. The third-order valence-corrected chi connectivity index (χ3v) is 4.92. The number of aromatic nitrogens is 2. The molecular weight excluding hydrogens is 376 g/mol. The number of carbonyl (C=O) groups is 2. The van der Waals surface area contributed by atoms with Gasteiger partial charge in [0.05, 0.1) is 0 Å². The van der Waals surface area contributed by atoms with Crippen LogP contribution in [0.1, 0.15) is 58.2 Å². The molecule has 0 spiro atoms. The van der Waals surface area contributed by atoms with Gasteiger partial charge in [0.25, 0.3) is 5.56 Å². The highest BCUT2D eigenvalue weighted by atomic mass is 16.6. The Kier molecular flexibility index (Phi) is 7.26. The van der Waals surface area contributed by atoms with Crippen LogP contribution in [0.4, 0.5) is 4.79 Å². The lowest BCUT2D eigenvalue weighted by atomic mass is 10.0.